The van der Waals surface area contributed by atoms with Crippen LogP contribution in [0.1, 0.15) is 5.56 Å². The van der Waals surface area contributed by atoms with Crippen LogP contribution in [0.3, 0.4) is 0 Å². The number of carboxylic acids is 4. The van der Waals surface area contributed by atoms with E-state index < -0.39 is 56.0 Å². The highest BCUT2D eigenvalue weighted by Gasteiger charge is 2.20. The molecule has 0 atom stereocenters. The van der Waals surface area contributed by atoms with Crippen LogP contribution >= 0.6 is 0 Å². The molecule has 1 rings (SSSR count). The lowest BCUT2D eigenvalue weighted by Crippen LogP contribution is -2.45. The molecule has 0 spiro atoms. The number of aliphatic carboxylic acids is 4. The van der Waals surface area contributed by atoms with Gasteiger partial charge in [0.05, 0.1) is 32.7 Å². The molecular formula is C21H29N3O10. The lowest BCUT2D eigenvalue weighted by atomic mass is 10.2. The molecule has 0 aliphatic carbocycles. The first-order chi connectivity index (χ1) is 16.0. The predicted molar refractivity (Wildman–Crippen MR) is 116 cm³/mol. The van der Waals surface area contributed by atoms with E-state index in [4.69, 9.17) is 25.2 Å². The first-order valence-electron chi connectivity index (χ1n) is 10.3. The number of esters is 1. The topological polar surface area (TPSA) is 185 Å². The summed E-state index contributed by atoms with van der Waals surface area (Å²) in [5.41, 5.74) is 0.769. The van der Waals surface area contributed by atoms with Crippen molar-refractivity contribution in [1.82, 2.24) is 14.7 Å². The van der Waals surface area contributed by atoms with Gasteiger partial charge in [-0.05, 0) is 5.56 Å². The van der Waals surface area contributed by atoms with Gasteiger partial charge >= 0.3 is 29.8 Å². The molecule has 0 saturated heterocycles. The van der Waals surface area contributed by atoms with Crippen molar-refractivity contribution >= 4 is 29.8 Å². The van der Waals surface area contributed by atoms with Gasteiger partial charge < -0.3 is 25.2 Å². The number of rotatable bonds is 18. The van der Waals surface area contributed by atoms with Gasteiger partial charge in [0, 0.05) is 26.2 Å². The molecule has 13 nitrogen and oxygen atoms in total. The average Bonchev–Trinajstić information content (AvgIpc) is 2.73. The Morgan fingerprint density at radius 3 is 1.35 bits per heavy atom. The number of ether oxygens (including phenoxy) is 1. The highest BCUT2D eigenvalue weighted by atomic mass is 16.5. The predicted octanol–water partition coefficient (Wildman–Crippen LogP) is -1.03. The normalized spacial score (nSPS) is 11.0. The minimum Gasteiger partial charge on any atom is -0.480 e. The number of carbonyl (C=O) groups excluding carboxylic acids is 1. The van der Waals surface area contributed by atoms with E-state index in [1.807, 2.05) is 6.07 Å². The third-order valence-electron chi connectivity index (χ3n) is 4.50. The Morgan fingerprint density at radius 1 is 0.588 bits per heavy atom. The van der Waals surface area contributed by atoms with Crippen molar-refractivity contribution in [2.24, 2.45) is 0 Å². The van der Waals surface area contributed by atoms with Gasteiger partial charge in [-0.2, -0.15) is 0 Å². The van der Waals surface area contributed by atoms with Crippen molar-refractivity contribution in [1.29, 1.82) is 0 Å². The maximum Gasteiger partial charge on any atom is 0.320 e. The fourth-order valence-corrected chi connectivity index (χ4v) is 3.00. The Hall–Kier alpha value is -3.55. The summed E-state index contributed by atoms with van der Waals surface area (Å²) in [5.74, 6) is -5.48. The van der Waals surface area contributed by atoms with Crippen molar-refractivity contribution in [2.45, 2.75) is 6.61 Å². The Kier molecular flexibility index (Phi) is 12.8. The molecular weight excluding hydrogens is 454 g/mol. The number of carboxylic acid groups (broad SMARTS) is 4. The number of nitrogens with zero attached hydrogens (tertiary/aromatic N) is 3. The third kappa shape index (κ3) is 13.8. The van der Waals surface area contributed by atoms with Gasteiger partial charge in [-0.1, -0.05) is 30.3 Å². The third-order valence-corrected chi connectivity index (χ3v) is 4.50. The molecule has 1 aromatic rings. The quantitative estimate of drug-likeness (QED) is 0.186. The number of benzene rings is 1. The van der Waals surface area contributed by atoms with E-state index in [0.29, 0.717) is 0 Å². The van der Waals surface area contributed by atoms with Gasteiger partial charge in [0.1, 0.15) is 6.61 Å². The van der Waals surface area contributed by atoms with Crippen LogP contribution in [-0.2, 0) is 35.3 Å². The minimum absolute atomic E-state index is 0.0115. The van der Waals surface area contributed by atoms with E-state index >= 15 is 0 Å². The van der Waals surface area contributed by atoms with Gasteiger partial charge in [0.15, 0.2) is 0 Å². The zero-order chi connectivity index (χ0) is 25.5. The van der Waals surface area contributed by atoms with Crippen molar-refractivity contribution in [3.63, 3.8) is 0 Å². The Bertz CT molecular complexity index is 761. The van der Waals surface area contributed by atoms with Gasteiger partial charge in [0.2, 0.25) is 0 Å². The highest BCUT2D eigenvalue weighted by Crippen LogP contribution is 2.02. The van der Waals surface area contributed by atoms with Crippen LogP contribution in [0.4, 0.5) is 0 Å². The van der Waals surface area contributed by atoms with Gasteiger partial charge in [-0.15, -0.1) is 0 Å². The van der Waals surface area contributed by atoms with E-state index in [-0.39, 0.29) is 39.3 Å². The van der Waals surface area contributed by atoms with E-state index in [2.05, 4.69) is 0 Å². The molecule has 34 heavy (non-hydrogen) atoms. The molecule has 0 bridgehead atoms. The van der Waals surface area contributed by atoms with Crippen LogP contribution in [0, 0.1) is 0 Å². The summed E-state index contributed by atoms with van der Waals surface area (Å²) in [6, 6.07) is 8.93. The summed E-state index contributed by atoms with van der Waals surface area (Å²) >= 11 is 0. The van der Waals surface area contributed by atoms with E-state index in [1.54, 1.807) is 24.3 Å². The molecule has 188 valence electrons. The smallest absolute Gasteiger partial charge is 0.320 e. The van der Waals surface area contributed by atoms with Crippen molar-refractivity contribution in [3.8, 4) is 0 Å². The van der Waals surface area contributed by atoms with Crippen molar-refractivity contribution < 1.29 is 49.1 Å². The average molecular weight is 483 g/mol. The van der Waals surface area contributed by atoms with E-state index in [1.165, 1.54) is 14.7 Å². The number of hydrogen-bond donors (Lipinski definition) is 4. The second kappa shape index (κ2) is 15.3. The fourth-order valence-electron chi connectivity index (χ4n) is 3.00. The maximum absolute atomic E-state index is 12.4. The summed E-state index contributed by atoms with van der Waals surface area (Å²) in [7, 11) is 0. The molecule has 0 unspecified atom stereocenters. The molecule has 13 heteroatoms. The Balaban J connectivity index is 2.80. The molecule has 0 saturated carbocycles. The maximum atomic E-state index is 12.4. The SMILES string of the molecule is O=C(O)CN(CCN(CCN(CC(=O)O)CC(=O)O)CC(=O)OCc1ccccc1)CC(=O)O. The molecule has 4 N–H and O–H groups in total. The molecule has 0 aromatic heterocycles. The second-order valence-electron chi connectivity index (χ2n) is 7.42. The summed E-state index contributed by atoms with van der Waals surface area (Å²) in [6.45, 7) is -2.21. The van der Waals surface area contributed by atoms with Crippen LogP contribution in [0.15, 0.2) is 30.3 Å². The first kappa shape index (κ1) is 28.5. The van der Waals surface area contributed by atoms with Crippen LogP contribution < -0.4 is 0 Å². The second-order valence-corrected chi connectivity index (χ2v) is 7.42. The van der Waals surface area contributed by atoms with Gasteiger partial charge in [0.25, 0.3) is 0 Å². The van der Waals surface area contributed by atoms with E-state index in [9.17, 15) is 24.0 Å². The molecule has 0 radical (unpaired) electrons. The van der Waals surface area contributed by atoms with Gasteiger partial charge in [-0.25, -0.2) is 0 Å². The Morgan fingerprint density at radius 2 is 0.971 bits per heavy atom. The fraction of sp³-hybridized carbons (Fsp3) is 0.476. The van der Waals surface area contributed by atoms with Crippen molar-refractivity contribution in [3.05, 3.63) is 35.9 Å². The number of hydrogen-bond acceptors (Lipinski definition) is 9. The summed E-state index contributed by atoms with van der Waals surface area (Å²) in [6.07, 6.45) is 0. The number of carbonyl (C=O) groups is 5. The Labute approximate surface area is 195 Å². The van der Waals surface area contributed by atoms with E-state index in [0.717, 1.165) is 5.56 Å². The minimum atomic E-state index is -1.22. The van der Waals surface area contributed by atoms with Crippen LogP contribution in [0.25, 0.3) is 0 Å². The molecule has 0 amide bonds. The molecule has 0 aliphatic heterocycles. The molecule has 0 fully saturated rings. The highest BCUT2D eigenvalue weighted by molar-refractivity contribution is 5.73. The first-order valence-corrected chi connectivity index (χ1v) is 10.3. The molecule has 0 heterocycles. The summed E-state index contributed by atoms with van der Waals surface area (Å²) < 4.78 is 5.25. The van der Waals surface area contributed by atoms with Crippen LogP contribution in [-0.4, -0.2) is 124 Å². The zero-order valence-corrected chi connectivity index (χ0v) is 18.5. The van der Waals surface area contributed by atoms with Crippen molar-refractivity contribution in [2.75, 3.05) is 58.9 Å². The monoisotopic (exact) mass is 483 g/mol. The summed E-state index contributed by atoms with van der Waals surface area (Å²) in [5, 5.41) is 36.0. The van der Waals surface area contributed by atoms with Gasteiger partial charge in [-0.3, -0.25) is 38.7 Å². The molecule has 1 aromatic carbocycles. The standard InChI is InChI=1S/C21H29N3O10/c25-17(26)10-23(11-18(27)28)8-6-22(7-9-24(12-19(29)30)13-20(31)32)14-21(33)34-15-16-4-2-1-3-5-16/h1-5H,6-15H2,(H,25,26)(H,27,28)(H,29,30)(H,31,32). The van der Waals surface area contributed by atoms with Crippen LogP contribution in [0.5, 0.6) is 0 Å². The largest absolute Gasteiger partial charge is 0.480 e. The zero-order valence-electron chi connectivity index (χ0n) is 18.5. The van der Waals surface area contributed by atoms with Crippen LogP contribution in [0.2, 0.25) is 0 Å². The lowest BCUT2D eigenvalue weighted by Gasteiger charge is -2.27. The molecule has 0 aliphatic rings. The summed E-state index contributed by atoms with van der Waals surface area (Å²) in [4.78, 5) is 60.3. The lowest BCUT2D eigenvalue weighted by molar-refractivity contribution is -0.147.